The molecule has 152 valence electrons. The first-order valence-electron chi connectivity index (χ1n) is 8.88. The van der Waals surface area contributed by atoms with Crippen LogP contribution < -0.4 is 10.9 Å². The molecule has 0 unspecified atom stereocenters. The quantitative estimate of drug-likeness (QED) is 0.442. The van der Waals surface area contributed by atoms with Crippen molar-refractivity contribution in [2.24, 2.45) is 0 Å². The molecule has 0 saturated heterocycles. The Balaban J connectivity index is 1.53. The first-order chi connectivity index (χ1) is 14.4. The molecule has 0 fully saturated rings. The minimum atomic E-state index is -0.586. The van der Waals surface area contributed by atoms with Crippen molar-refractivity contribution < 1.29 is 13.7 Å². The predicted molar refractivity (Wildman–Crippen MR) is 114 cm³/mol. The molecule has 0 aliphatic rings. The van der Waals surface area contributed by atoms with Crippen LogP contribution in [0.4, 0.5) is 10.1 Å². The molecule has 0 saturated carbocycles. The minimum absolute atomic E-state index is 0.118. The van der Waals surface area contributed by atoms with Crippen molar-refractivity contribution in [2.75, 3.05) is 5.32 Å². The Labute approximate surface area is 179 Å². The van der Waals surface area contributed by atoms with Crippen LogP contribution in [0.25, 0.3) is 5.65 Å². The van der Waals surface area contributed by atoms with Gasteiger partial charge < -0.3 is 9.84 Å². The smallest absolute Gasteiger partial charge is 0.287 e. The second-order valence-electron chi connectivity index (χ2n) is 6.45. The summed E-state index contributed by atoms with van der Waals surface area (Å²) in [6, 6.07) is 14.2. The number of hydrogen-bond acceptors (Lipinski definition) is 5. The summed E-state index contributed by atoms with van der Waals surface area (Å²) >= 11 is 7.19. The number of amides is 1. The van der Waals surface area contributed by atoms with Crippen LogP contribution in [0.3, 0.4) is 0 Å². The van der Waals surface area contributed by atoms with Crippen LogP contribution in [-0.2, 0) is 5.75 Å². The van der Waals surface area contributed by atoms with Crippen LogP contribution in [-0.4, -0.2) is 15.5 Å². The number of anilines is 1. The van der Waals surface area contributed by atoms with Crippen molar-refractivity contribution in [3.63, 3.8) is 0 Å². The van der Waals surface area contributed by atoms with Crippen LogP contribution >= 0.6 is 23.4 Å². The highest BCUT2D eigenvalue weighted by molar-refractivity contribution is 7.98. The van der Waals surface area contributed by atoms with Crippen molar-refractivity contribution in [3.8, 4) is 0 Å². The lowest BCUT2D eigenvalue weighted by atomic mass is 10.2. The van der Waals surface area contributed by atoms with Gasteiger partial charge in [0.15, 0.2) is 5.65 Å². The molecule has 0 radical (unpaired) electrons. The summed E-state index contributed by atoms with van der Waals surface area (Å²) < 4.78 is 19.8. The Hall–Kier alpha value is -3.10. The molecule has 2 heterocycles. The summed E-state index contributed by atoms with van der Waals surface area (Å²) in [5.74, 6) is 0.0259. The highest BCUT2D eigenvalue weighted by Crippen LogP contribution is 2.30. The second-order valence-corrected chi connectivity index (χ2v) is 7.88. The molecule has 4 aromatic rings. The maximum atomic E-state index is 13.3. The normalized spacial score (nSPS) is 11.0. The highest BCUT2D eigenvalue weighted by Gasteiger charge is 2.13. The van der Waals surface area contributed by atoms with Crippen LogP contribution in [0.2, 0.25) is 5.02 Å². The molecule has 4 rings (SSSR count). The average Bonchev–Trinajstić information content (AvgIpc) is 3.10. The molecule has 6 nitrogen and oxygen atoms in total. The van der Waals surface area contributed by atoms with E-state index < -0.39 is 11.7 Å². The van der Waals surface area contributed by atoms with Crippen molar-refractivity contribution in [2.45, 2.75) is 17.6 Å². The SMILES string of the molecule is Cc1cc2nc(CSc3ccccc3NC(=O)c3ccc(F)c(Cl)c3)cc(=O)n2o1. The highest BCUT2D eigenvalue weighted by atomic mass is 35.5. The number of carbonyl (C=O) groups is 1. The van der Waals surface area contributed by atoms with E-state index in [1.165, 1.54) is 30.0 Å². The zero-order valence-corrected chi connectivity index (χ0v) is 17.3. The van der Waals surface area contributed by atoms with Gasteiger partial charge in [0.2, 0.25) is 0 Å². The molecule has 0 atom stereocenters. The number of halogens is 2. The molecule has 2 aromatic carbocycles. The largest absolute Gasteiger partial charge is 0.375 e. The molecule has 0 spiro atoms. The van der Waals surface area contributed by atoms with Gasteiger partial charge in [-0.3, -0.25) is 9.59 Å². The van der Waals surface area contributed by atoms with Crippen molar-refractivity contribution in [1.29, 1.82) is 0 Å². The fourth-order valence-corrected chi connectivity index (χ4v) is 3.91. The third kappa shape index (κ3) is 4.24. The van der Waals surface area contributed by atoms with Gasteiger partial charge in [-0.25, -0.2) is 9.37 Å². The Bertz CT molecular complexity index is 1320. The molecule has 0 bridgehead atoms. The first-order valence-corrected chi connectivity index (χ1v) is 10.2. The van der Waals surface area contributed by atoms with Gasteiger partial charge in [0.25, 0.3) is 11.5 Å². The van der Waals surface area contributed by atoms with Crippen molar-refractivity contribution >= 4 is 40.6 Å². The Morgan fingerprint density at radius 1 is 1.23 bits per heavy atom. The first kappa shape index (κ1) is 20.2. The van der Waals surface area contributed by atoms with Gasteiger partial charge in [0, 0.05) is 28.3 Å². The van der Waals surface area contributed by atoms with E-state index >= 15 is 0 Å². The molecule has 0 aliphatic carbocycles. The van der Waals surface area contributed by atoms with Gasteiger partial charge >= 0.3 is 0 Å². The lowest BCUT2D eigenvalue weighted by Gasteiger charge is -2.11. The summed E-state index contributed by atoms with van der Waals surface area (Å²) in [5, 5.41) is 2.69. The van der Waals surface area contributed by atoms with E-state index in [0.29, 0.717) is 28.5 Å². The zero-order chi connectivity index (χ0) is 21.3. The van der Waals surface area contributed by atoms with E-state index in [9.17, 15) is 14.0 Å². The molecule has 1 amide bonds. The van der Waals surface area contributed by atoms with Gasteiger partial charge in [-0.15, -0.1) is 16.3 Å². The number of para-hydroxylation sites is 1. The molecule has 30 heavy (non-hydrogen) atoms. The fraction of sp³-hybridized carbons (Fsp3) is 0.0952. The van der Waals surface area contributed by atoms with Gasteiger partial charge in [-0.2, -0.15) is 0 Å². The van der Waals surface area contributed by atoms with E-state index in [1.54, 1.807) is 25.1 Å². The van der Waals surface area contributed by atoms with Crippen molar-refractivity contribution in [3.05, 3.63) is 92.8 Å². The zero-order valence-electron chi connectivity index (χ0n) is 15.7. The third-order valence-electron chi connectivity index (χ3n) is 4.22. The Kier molecular flexibility index (Phi) is 5.61. The molecule has 9 heteroatoms. The van der Waals surface area contributed by atoms with Gasteiger partial charge in [-0.05, 0) is 37.3 Å². The van der Waals surface area contributed by atoms with Crippen LogP contribution in [0.15, 0.2) is 68.8 Å². The van der Waals surface area contributed by atoms with E-state index in [1.807, 2.05) is 12.1 Å². The summed E-state index contributed by atoms with van der Waals surface area (Å²) in [5.41, 5.74) is 1.59. The third-order valence-corrected chi connectivity index (χ3v) is 5.61. The van der Waals surface area contributed by atoms with E-state index in [0.717, 1.165) is 15.5 Å². The van der Waals surface area contributed by atoms with Crippen LogP contribution in [0.1, 0.15) is 21.8 Å². The summed E-state index contributed by atoms with van der Waals surface area (Å²) in [6.45, 7) is 1.75. The number of aromatic nitrogens is 2. The lowest BCUT2D eigenvalue weighted by molar-refractivity contribution is 0.102. The molecular weight excluding hydrogens is 429 g/mol. The summed E-state index contributed by atoms with van der Waals surface area (Å²) in [4.78, 5) is 29.9. The number of nitrogens with one attached hydrogen (secondary N) is 1. The molecular formula is C21H15ClFN3O3S. The average molecular weight is 444 g/mol. The Morgan fingerprint density at radius 2 is 2.03 bits per heavy atom. The summed E-state index contributed by atoms with van der Waals surface area (Å²) in [6.07, 6.45) is 0. The maximum Gasteiger partial charge on any atom is 0.287 e. The molecule has 2 aromatic heterocycles. The Morgan fingerprint density at radius 3 is 2.83 bits per heavy atom. The maximum absolute atomic E-state index is 13.3. The fourth-order valence-electron chi connectivity index (χ4n) is 2.83. The van der Waals surface area contributed by atoms with Gasteiger partial charge in [-0.1, -0.05) is 23.7 Å². The van der Waals surface area contributed by atoms with Gasteiger partial charge in [0.1, 0.15) is 11.6 Å². The molecule has 1 N–H and O–H groups in total. The van der Waals surface area contributed by atoms with E-state index in [-0.39, 0.29) is 16.1 Å². The van der Waals surface area contributed by atoms with Gasteiger partial charge in [0.05, 0.1) is 16.4 Å². The van der Waals surface area contributed by atoms with Crippen molar-refractivity contribution in [1.82, 2.24) is 9.56 Å². The molecule has 0 aliphatic heterocycles. The lowest BCUT2D eigenvalue weighted by Crippen LogP contribution is -2.13. The second kappa shape index (κ2) is 8.33. The van der Waals surface area contributed by atoms with Crippen LogP contribution in [0.5, 0.6) is 0 Å². The standard InChI is InChI=1S/C21H15ClFN3O3S/c1-12-8-19-24-14(10-20(27)26(19)29-12)11-30-18-5-3-2-4-17(18)25-21(28)13-6-7-16(23)15(22)9-13/h2-10H,11H2,1H3,(H,25,28). The number of carbonyl (C=O) groups excluding carboxylic acids is 1. The number of aryl methyl sites for hydroxylation is 1. The summed E-state index contributed by atoms with van der Waals surface area (Å²) in [7, 11) is 0. The number of nitrogens with zero attached hydrogens (tertiary/aromatic N) is 2. The van der Waals surface area contributed by atoms with Crippen LogP contribution in [0, 0.1) is 12.7 Å². The number of thioether (sulfide) groups is 1. The minimum Gasteiger partial charge on any atom is -0.375 e. The topological polar surface area (TPSA) is 76.6 Å². The number of rotatable bonds is 5. The number of fused-ring (bicyclic) bond motifs is 1. The number of hydrogen-bond donors (Lipinski definition) is 1. The van der Waals surface area contributed by atoms with E-state index in [4.69, 9.17) is 16.1 Å². The van der Waals surface area contributed by atoms with E-state index in [2.05, 4.69) is 10.3 Å². The predicted octanol–water partition coefficient (Wildman–Crippen LogP) is 4.93. The number of benzene rings is 2. The monoisotopic (exact) mass is 443 g/mol.